The zero-order chi connectivity index (χ0) is 29.9. The van der Waals surface area contributed by atoms with Crippen molar-refractivity contribution < 1.29 is 32.7 Å². The third-order valence-electron chi connectivity index (χ3n) is 6.05. The molecular formula is C28H23F3N4O4S2. The van der Waals surface area contributed by atoms with Crippen LogP contribution in [-0.4, -0.2) is 28.5 Å². The molecule has 0 saturated heterocycles. The molecule has 0 aliphatic rings. The lowest BCUT2D eigenvalue weighted by molar-refractivity contribution is -0.137. The molecule has 2 aromatic carbocycles. The molecule has 3 amide bonds. The second kappa shape index (κ2) is 11.9. The zero-order valence-corrected chi connectivity index (χ0v) is 23.2. The number of primary amides is 1. The summed E-state index contributed by atoms with van der Waals surface area (Å²) in [5, 5.41) is 19.1. The maximum absolute atomic E-state index is 12.8. The van der Waals surface area contributed by atoms with Gasteiger partial charge in [-0.3, -0.25) is 14.4 Å². The molecule has 13 heteroatoms. The first kappa shape index (κ1) is 29.5. The molecule has 4 aromatic rings. The molecule has 8 nitrogen and oxygen atoms in total. The maximum atomic E-state index is 12.8. The summed E-state index contributed by atoms with van der Waals surface area (Å²) < 4.78 is 38.5. The number of hydrogen-bond donors (Lipinski definition) is 4. The van der Waals surface area contributed by atoms with Crippen molar-refractivity contribution in [2.45, 2.75) is 26.1 Å². The molecule has 1 unspecified atom stereocenters. The van der Waals surface area contributed by atoms with E-state index in [9.17, 15) is 32.7 Å². The Hall–Kier alpha value is -4.49. The van der Waals surface area contributed by atoms with Crippen molar-refractivity contribution >= 4 is 46.1 Å². The average molecular weight is 601 g/mol. The zero-order valence-electron chi connectivity index (χ0n) is 21.6. The van der Waals surface area contributed by atoms with Crippen molar-refractivity contribution in [2.75, 3.05) is 0 Å². The SMILES string of the molecule is C/C(=N\NC(=O)c1ccc(C(=O)NC(C)c2ccc(C(N)=O)cc2)s1)c1csc(-c2ccc(C(F)(F)F)cc2)c1O. The van der Waals surface area contributed by atoms with Crippen LogP contribution in [0.4, 0.5) is 13.2 Å². The van der Waals surface area contributed by atoms with Crippen molar-refractivity contribution in [1.82, 2.24) is 10.7 Å². The number of nitrogens with zero attached hydrogens (tertiary/aromatic N) is 1. The van der Waals surface area contributed by atoms with Crippen molar-refractivity contribution in [3.63, 3.8) is 0 Å². The number of amides is 3. The summed E-state index contributed by atoms with van der Waals surface area (Å²) in [6, 6.07) is 13.6. The number of carbonyl (C=O) groups is 3. The van der Waals surface area contributed by atoms with Crippen LogP contribution in [0.15, 0.2) is 71.1 Å². The molecule has 0 aliphatic heterocycles. The molecule has 0 aliphatic carbocycles. The molecule has 4 rings (SSSR count). The first-order chi connectivity index (χ1) is 19.3. The number of nitrogens with one attached hydrogen (secondary N) is 2. The first-order valence-electron chi connectivity index (χ1n) is 12.0. The van der Waals surface area contributed by atoms with Crippen LogP contribution in [0.3, 0.4) is 0 Å². The van der Waals surface area contributed by atoms with Gasteiger partial charge in [0.1, 0.15) is 5.75 Å². The smallest absolute Gasteiger partial charge is 0.416 e. The number of alkyl halides is 3. The number of thiophene rings is 2. The van der Waals surface area contributed by atoms with Gasteiger partial charge in [-0.05, 0) is 61.4 Å². The molecule has 0 radical (unpaired) electrons. The molecule has 2 heterocycles. The predicted molar refractivity (Wildman–Crippen MR) is 151 cm³/mol. The van der Waals surface area contributed by atoms with Crippen LogP contribution in [-0.2, 0) is 6.18 Å². The molecule has 41 heavy (non-hydrogen) atoms. The van der Waals surface area contributed by atoms with Gasteiger partial charge in [-0.25, -0.2) is 5.43 Å². The number of rotatable bonds is 8. The topological polar surface area (TPSA) is 134 Å². The van der Waals surface area contributed by atoms with Crippen molar-refractivity contribution in [3.8, 4) is 16.2 Å². The number of hydrazone groups is 1. The molecule has 2 aromatic heterocycles. The van der Waals surface area contributed by atoms with E-state index >= 15 is 0 Å². The Kier molecular flexibility index (Phi) is 8.59. The van der Waals surface area contributed by atoms with E-state index in [-0.39, 0.29) is 28.3 Å². The van der Waals surface area contributed by atoms with E-state index < -0.39 is 23.6 Å². The third kappa shape index (κ3) is 6.81. The van der Waals surface area contributed by atoms with Crippen LogP contribution >= 0.6 is 22.7 Å². The second-order valence-corrected chi connectivity index (χ2v) is 10.8. The molecule has 0 bridgehead atoms. The van der Waals surface area contributed by atoms with Gasteiger partial charge < -0.3 is 16.2 Å². The van der Waals surface area contributed by atoms with E-state index in [1.54, 1.807) is 43.5 Å². The number of aromatic hydroxyl groups is 1. The van der Waals surface area contributed by atoms with E-state index in [0.29, 0.717) is 26.4 Å². The van der Waals surface area contributed by atoms with Gasteiger partial charge >= 0.3 is 6.18 Å². The molecular weight excluding hydrogens is 577 g/mol. The van der Waals surface area contributed by atoms with E-state index in [2.05, 4.69) is 15.8 Å². The highest BCUT2D eigenvalue weighted by atomic mass is 32.1. The molecule has 0 fully saturated rings. The largest absolute Gasteiger partial charge is 0.506 e. The Morgan fingerprint density at radius 3 is 2.15 bits per heavy atom. The number of halogens is 3. The molecule has 5 N–H and O–H groups in total. The van der Waals surface area contributed by atoms with Crippen LogP contribution < -0.4 is 16.5 Å². The Bertz CT molecular complexity index is 1630. The summed E-state index contributed by atoms with van der Waals surface area (Å²) in [6.07, 6.45) is -4.46. The summed E-state index contributed by atoms with van der Waals surface area (Å²) in [5.74, 6) is -1.67. The van der Waals surface area contributed by atoms with E-state index in [1.807, 2.05) is 0 Å². The van der Waals surface area contributed by atoms with Crippen molar-refractivity contribution in [2.24, 2.45) is 10.8 Å². The van der Waals surface area contributed by atoms with Gasteiger partial charge in [0.2, 0.25) is 5.91 Å². The minimum Gasteiger partial charge on any atom is -0.506 e. The summed E-state index contributed by atoms with van der Waals surface area (Å²) in [4.78, 5) is 37.5. The fraction of sp³-hybridized carbons (Fsp3) is 0.143. The van der Waals surface area contributed by atoms with Gasteiger partial charge in [-0.2, -0.15) is 18.3 Å². The number of hydrogen-bond acceptors (Lipinski definition) is 7. The van der Waals surface area contributed by atoms with Gasteiger partial charge in [-0.15, -0.1) is 22.7 Å². The molecule has 0 spiro atoms. The van der Waals surface area contributed by atoms with Crippen molar-refractivity contribution in [1.29, 1.82) is 0 Å². The minimum absolute atomic E-state index is 0.168. The lowest BCUT2D eigenvalue weighted by Crippen LogP contribution is -2.26. The number of nitrogens with two attached hydrogens (primary N) is 1. The number of benzene rings is 2. The first-order valence-corrected chi connectivity index (χ1v) is 13.7. The fourth-order valence-electron chi connectivity index (χ4n) is 3.74. The summed E-state index contributed by atoms with van der Waals surface area (Å²) >= 11 is 2.09. The molecule has 0 saturated carbocycles. The number of carbonyl (C=O) groups excluding carboxylic acids is 3. The Morgan fingerprint density at radius 2 is 1.56 bits per heavy atom. The van der Waals surface area contributed by atoms with E-state index in [4.69, 9.17) is 5.73 Å². The quantitative estimate of drug-likeness (QED) is 0.147. The lowest BCUT2D eigenvalue weighted by atomic mass is 10.1. The van der Waals surface area contributed by atoms with Crippen LogP contribution in [0.5, 0.6) is 5.75 Å². The van der Waals surface area contributed by atoms with Crippen LogP contribution in [0.25, 0.3) is 10.4 Å². The van der Waals surface area contributed by atoms with Crippen LogP contribution in [0.1, 0.15) is 66.3 Å². The predicted octanol–water partition coefficient (Wildman–Crippen LogP) is 5.94. The van der Waals surface area contributed by atoms with Gasteiger partial charge in [0.05, 0.1) is 37.5 Å². The van der Waals surface area contributed by atoms with Gasteiger partial charge in [0, 0.05) is 10.9 Å². The Morgan fingerprint density at radius 1 is 0.951 bits per heavy atom. The standard InChI is InChI=1S/C28H23F3N4O4S2/c1-14(16-3-5-18(6-4-16)25(32)37)33-26(38)21-11-12-22(41-21)27(39)35-34-15(2)20-13-40-24(23(20)36)17-7-9-19(10-8-17)28(29,30)31/h3-14,36H,1-2H3,(H2,32,37)(H,33,38)(H,35,39)/b34-15+. The van der Waals surface area contributed by atoms with Gasteiger partial charge in [0.15, 0.2) is 0 Å². The fourth-order valence-corrected chi connectivity index (χ4v) is 5.55. The monoisotopic (exact) mass is 600 g/mol. The highest BCUT2D eigenvalue weighted by molar-refractivity contribution is 7.16. The van der Waals surface area contributed by atoms with Crippen LogP contribution in [0.2, 0.25) is 0 Å². The van der Waals surface area contributed by atoms with Crippen LogP contribution in [0, 0.1) is 0 Å². The summed E-state index contributed by atoms with van der Waals surface area (Å²) in [5.41, 5.74) is 8.96. The summed E-state index contributed by atoms with van der Waals surface area (Å²) in [6.45, 7) is 3.34. The minimum atomic E-state index is -4.46. The maximum Gasteiger partial charge on any atom is 0.416 e. The van der Waals surface area contributed by atoms with E-state index in [0.717, 1.165) is 40.4 Å². The Labute approximate surface area is 240 Å². The summed E-state index contributed by atoms with van der Waals surface area (Å²) in [7, 11) is 0. The third-order valence-corrected chi connectivity index (χ3v) is 8.15. The second-order valence-electron chi connectivity index (χ2n) is 8.89. The van der Waals surface area contributed by atoms with Crippen molar-refractivity contribution in [3.05, 3.63) is 98.1 Å². The molecule has 212 valence electrons. The average Bonchev–Trinajstić information content (AvgIpc) is 3.59. The highest BCUT2D eigenvalue weighted by Gasteiger charge is 2.30. The van der Waals surface area contributed by atoms with E-state index in [1.165, 1.54) is 24.3 Å². The van der Waals surface area contributed by atoms with Gasteiger partial charge in [-0.1, -0.05) is 24.3 Å². The highest BCUT2D eigenvalue weighted by Crippen LogP contribution is 2.40. The van der Waals surface area contributed by atoms with Gasteiger partial charge in [0.25, 0.3) is 11.8 Å². The Balaban J connectivity index is 1.39. The molecule has 1 atom stereocenters. The normalized spacial score (nSPS) is 12.6. The lowest BCUT2D eigenvalue weighted by Gasteiger charge is -2.14.